The molecule has 3 aliphatic rings. The van der Waals surface area contributed by atoms with Gasteiger partial charge in [-0.25, -0.2) is 14.7 Å². The lowest BCUT2D eigenvalue weighted by Crippen LogP contribution is -2.61. The van der Waals surface area contributed by atoms with Crippen LogP contribution in [-0.4, -0.2) is 95.0 Å². The number of nitrogens with one attached hydrogen (secondary N) is 2. The third kappa shape index (κ3) is 3.77. The van der Waals surface area contributed by atoms with Gasteiger partial charge in [0, 0.05) is 57.8 Å². The number of nitrogens with zero attached hydrogens (tertiary/aromatic N) is 5. The molecule has 0 radical (unpaired) electrons. The van der Waals surface area contributed by atoms with Crippen LogP contribution in [0.2, 0.25) is 0 Å². The summed E-state index contributed by atoms with van der Waals surface area (Å²) in [6.45, 7) is 2.78. The molecule has 4 heterocycles. The molecule has 2 aliphatic heterocycles. The number of aromatic nitrogens is 3. The highest BCUT2D eigenvalue weighted by molar-refractivity contribution is 7.87. The van der Waals surface area contributed by atoms with E-state index in [4.69, 9.17) is 5.11 Å². The first-order chi connectivity index (χ1) is 14.9. The van der Waals surface area contributed by atoms with Crippen LogP contribution in [-0.2, 0) is 15.0 Å². The molecule has 2 saturated heterocycles. The Morgan fingerprint density at radius 3 is 2.84 bits per heavy atom. The normalized spacial score (nSPS) is 21.6. The summed E-state index contributed by atoms with van der Waals surface area (Å²) in [5.41, 5.74) is 0.388. The van der Waals surface area contributed by atoms with E-state index < -0.39 is 10.2 Å². The smallest absolute Gasteiger partial charge is 0.280 e. The standard InChI is InChI=1S/C19H27N7O4S/c27-8-2-16(28)25-10-14(11-25)9-23-31(29,30)26-7-6-24(12-19(26)3-4-19)18-15-1-5-20-17(15)21-13-22-18/h1,5,13-14,23,27H,2-4,6-12H2,(H,20,21,22). The van der Waals surface area contributed by atoms with E-state index in [0.717, 1.165) is 29.7 Å². The van der Waals surface area contributed by atoms with Crippen LogP contribution in [0.3, 0.4) is 0 Å². The number of carbonyl (C=O) groups is 1. The summed E-state index contributed by atoms with van der Waals surface area (Å²) in [5.74, 6) is 0.859. The number of H-pyrrole nitrogens is 1. The van der Waals surface area contributed by atoms with Crippen LogP contribution in [0, 0.1) is 5.92 Å². The Bertz CT molecular complexity index is 1080. The van der Waals surface area contributed by atoms with Crippen molar-refractivity contribution >= 4 is 33.0 Å². The van der Waals surface area contributed by atoms with Gasteiger partial charge < -0.3 is 19.9 Å². The highest BCUT2D eigenvalue weighted by Gasteiger charge is 2.56. The van der Waals surface area contributed by atoms with Gasteiger partial charge in [0.05, 0.1) is 17.5 Å². The van der Waals surface area contributed by atoms with Crippen molar-refractivity contribution in [3.05, 3.63) is 18.6 Å². The largest absolute Gasteiger partial charge is 0.396 e. The van der Waals surface area contributed by atoms with Crippen molar-refractivity contribution in [2.75, 3.05) is 50.8 Å². The Labute approximate surface area is 180 Å². The number of fused-ring (bicyclic) bond motifs is 1. The highest BCUT2D eigenvalue weighted by atomic mass is 32.2. The molecule has 3 fully saturated rings. The molecule has 5 rings (SSSR count). The second-order valence-electron chi connectivity index (χ2n) is 8.65. The number of carbonyl (C=O) groups excluding carboxylic acids is 1. The fourth-order valence-electron chi connectivity index (χ4n) is 4.64. The minimum Gasteiger partial charge on any atom is -0.396 e. The number of amides is 1. The van der Waals surface area contributed by atoms with Crippen LogP contribution in [0.25, 0.3) is 11.0 Å². The Morgan fingerprint density at radius 1 is 1.29 bits per heavy atom. The molecule has 31 heavy (non-hydrogen) atoms. The lowest BCUT2D eigenvalue weighted by Gasteiger charge is -2.43. The molecule has 0 atom stereocenters. The number of aliphatic hydroxyl groups excluding tert-OH is 1. The summed E-state index contributed by atoms with van der Waals surface area (Å²) in [6, 6.07) is 1.95. The van der Waals surface area contributed by atoms with Crippen LogP contribution < -0.4 is 9.62 Å². The fourth-order valence-corrected chi connectivity index (χ4v) is 6.31. The molecule has 0 unspecified atom stereocenters. The van der Waals surface area contributed by atoms with Gasteiger partial charge >= 0.3 is 0 Å². The maximum absolute atomic E-state index is 13.1. The molecule has 1 amide bonds. The maximum Gasteiger partial charge on any atom is 0.280 e. The average molecular weight is 450 g/mol. The molecule has 2 aromatic heterocycles. The highest BCUT2D eigenvalue weighted by Crippen LogP contribution is 2.46. The SMILES string of the molecule is O=C(CCO)N1CC(CNS(=O)(=O)N2CCN(c3ncnc4[nH]ccc34)CC23CC3)C1. The van der Waals surface area contributed by atoms with Crippen LogP contribution in [0.15, 0.2) is 18.6 Å². The molecule has 1 aliphatic carbocycles. The maximum atomic E-state index is 13.1. The molecule has 0 aromatic carbocycles. The van der Waals surface area contributed by atoms with Crippen LogP contribution in [0.4, 0.5) is 5.82 Å². The minimum atomic E-state index is -3.61. The summed E-state index contributed by atoms with van der Waals surface area (Å²) in [7, 11) is -3.61. The number of aliphatic hydroxyl groups is 1. The molecule has 1 saturated carbocycles. The summed E-state index contributed by atoms with van der Waals surface area (Å²) in [4.78, 5) is 27.3. The van der Waals surface area contributed by atoms with Gasteiger partial charge in [0.2, 0.25) is 5.91 Å². The Kier molecular flexibility index (Phi) is 5.12. The van der Waals surface area contributed by atoms with Crippen molar-refractivity contribution in [2.45, 2.75) is 24.8 Å². The number of likely N-dealkylation sites (tertiary alicyclic amines) is 1. The second kappa shape index (κ2) is 7.69. The number of hydrogen-bond donors (Lipinski definition) is 3. The zero-order chi connectivity index (χ0) is 21.6. The van der Waals surface area contributed by atoms with Crippen LogP contribution in [0.5, 0.6) is 0 Å². The number of piperazine rings is 1. The van der Waals surface area contributed by atoms with E-state index in [9.17, 15) is 13.2 Å². The molecule has 3 N–H and O–H groups in total. The molecule has 168 valence electrons. The number of anilines is 1. The molecule has 11 nitrogen and oxygen atoms in total. The van der Waals surface area contributed by atoms with Gasteiger partial charge in [0.25, 0.3) is 10.2 Å². The summed E-state index contributed by atoms with van der Waals surface area (Å²) in [6.07, 6.45) is 5.15. The van der Waals surface area contributed by atoms with E-state index in [-0.39, 0.29) is 30.4 Å². The van der Waals surface area contributed by atoms with Crippen molar-refractivity contribution < 1.29 is 18.3 Å². The molecule has 1 spiro atoms. The van der Waals surface area contributed by atoms with E-state index in [1.165, 1.54) is 6.33 Å². The lowest BCUT2D eigenvalue weighted by atomic mass is 10.0. The minimum absolute atomic E-state index is 0.0871. The third-order valence-electron chi connectivity index (χ3n) is 6.53. The predicted molar refractivity (Wildman–Crippen MR) is 113 cm³/mol. The Morgan fingerprint density at radius 2 is 2.10 bits per heavy atom. The quantitative estimate of drug-likeness (QED) is 0.508. The molecule has 12 heteroatoms. The average Bonchev–Trinajstić information content (AvgIpc) is 3.28. The first kappa shape index (κ1) is 20.6. The summed E-state index contributed by atoms with van der Waals surface area (Å²) >= 11 is 0. The van der Waals surface area contributed by atoms with E-state index >= 15 is 0 Å². The third-order valence-corrected chi connectivity index (χ3v) is 8.21. The van der Waals surface area contributed by atoms with Gasteiger partial charge in [-0.15, -0.1) is 0 Å². The number of hydrogen-bond acceptors (Lipinski definition) is 7. The van der Waals surface area contributed by atoms with E-state index in [0.29, 0.717) is 39.3 Å². The van der Waals surface area contributed by atoms with Gasteiger partial charge in [-0.1, -0.05) is 0 Å². The number of rotatable bonds is 7. The van der Waals surface area contributed by atoms with Gasteiger partial charge in [-0.2, -0.15) is 12.7 Å². The van der Waals surface area contributed by atoms with Crippen molar-refractivity contribution in [3.8, 4) is 0 Å². The van der Waals surface area contributed by atoms with Crippen molar-refractivity contribution in [1.29, 1.82) is 0 Å². The number of aromatic amines is 1. The van der Waals surface area contributed by atoms with Crippen molar-refractivity contribution in [2.24, 2.45) is 5.92 Å². The second-order valence-corrected chi connectivity index (χ2v) is 10.3. The van der Waals surface area contributed by atoms with E-state index in [1.54, 1.807) is 9.21 Å². The van der Waals surface area contributed by atoms with Crippen LogP contribution >= 0.6 is 0 Å². The fraction of sp³-hybridized carbons (Fsp3) is 0.632. The van der Waals surface area contributed by atoms with Gasteiger partial charge in [-0.3, -0.25) is 4.79 Å². The molecular formula is C19H27N7O4S. The summed E-state index contributed by atoms with van der Waals surface area (Å²) < 4.78 is 30.5. The topological polar surface area (TPSA) is 135 Å². The van der Waals surface area contributed by atoms with Gasteiger partial charge in [-0.05, 0) is 18.9 Å². The van der Waals surface area contributed by atoms with Crippen molar-refractivity contribution in [3.63, 3.8) is 0 Å². The van der Waals surface area contributed by atoms with Gasteiger partial charge in [0.15, 0.2) is 0 Å². The first-order valence-corrected chi connectivity index (χ1v) is 12.0. The monoisotopic (exact) mass is 449 g/mol. The summed E-state index contributed by atoms with van der Waals surface area (Å²) in [5, 5.41) is 9.80. The van der Waals surface area contributed by atoms with E-state index in [1.807, 2.05) is 12.3 Å². The molecule has 0 bridgehead atoms. The van der Waals surface area contributed by atoms with Crippen molar-refractivity contribution in [1.82, 2.24) is 28.9 Å². The Hall–Kier alpha value is -2.28. The molecule has 2 aromatic rings. The predicted octanol–water partition coefficient (Wildman–Crippen LogP) is -0.712. The zero-order valence-electron chi connectivity index (χ0n) is 17.2. The van der Waals surface area contributed by atoms with E-state index in [2.05, 4.69) is 24.6 Å². The molecular weight excluding hydrogens is 422 g/mol. The first-order valence-electron chi connectivity index (χ1n) is 10.6. The lowest BCUT2D eigenvalue weighted by molar-refractivity contribution is -0.137. The van der Waals surface area contributed by atoms with Crippen LogP contribution in [0.1, 0.15) is 19.3 Å². The van der Waals surface area contributed by atoms with Gasteiger partial charge in [0.1, 0.15) is 17.8 Å². The Balaban J connectivity index is 1.21. The zero-order valence-corrected chi connectivity index (χ0v) is 18.0.